The van der Waals surface area contributed by atoms with Crippen molar-refractivity contribution in [3.8, 4) is 55.9 Å². The van der Waals surface area contributed by atoms with E-state index in [2.05, 4.69) is 186 Å². The summed E-state index contributed by atoms with van der Waals surface area (Å²) in [6.45, 7) is 17.3. The van der Waals surface area contributed by atoms with Crippen LogP contribution in [-0.2, 0) is 10.8 Å². The van der Waals surface area contributed by atoms with E-state index in [4.69, 9.17) is 0 Å². The molecule has 360 valence electrons. The van der Waals surface area contributed by atoms with Crippen LogP contribution in [0, 0.1) is 51.0 Å². The number of fused-ring (bicyclic) bond motifs is 13. The third-order valence-electron chi connectivity index (χ3n) is 16.7. The van der Waals surface area contributed by atoms with Crippen LogP contribution in [0.1, 0.15) is 72.2 Å². The molecule has 14 rings (SSSR count). The van der Waals surface area contributed by atoms with E-state index in [1.54, 1.807) is 0 Å². The molecular formula is C68H50F4N2. The van der Waals surface area contributed by atoms with Gasteiger partial charge in [-0.1, -0.05) is 86.3 Å². The number of nitrogens with zero attached hydrogens (tertiary/aromatic N) is 2. The summed E-state index contributed by atoms with van der Waals surface area (Å²) in [5.74, 6) is -2.78. The fourth-order valence-electron chi connectivity index (χ4n) is 13.2. The maximum Gasteiger partial charge on any atom is 0.126 e. The molecule has 0 fully saturated rings. The molecule has 0 radical (unpaired) electrons. The fraction of sp³-hybridized carbons (Fsp3) is 0.147. The molecule has 0 aliphatic heterocycles. The minimum Gasteiger partial charge on any atom is -0.309 e. The molecule has 2 nitrogen and oxygen atoms in total. The zero-order chi connectivity index (χ0) is 51.0. The van der Waals surface area contributed by atoms with Gasteiger partial charge in [-0.2, -0.15) is 0 Å². The van der Waals surface area contributed by atoms with Gasteiger partial charge in [0, 0.05) is 55.9 Å². The molecule has 0 saturated carbocycles. The summed E-state index contributed by atoms with van der Waals surface area (Å²) in [6.07, 6.45) is 0. The number of aromatic nitrogens is 2. The van der Waals surface area contributed by atoms with Crippen LogP contribution in [0.15, 0.2) is 158 Å². The van der Waals surface area contributed by atoms with E-state index in [0.29, 0.717) is 22.3 Å². The molecule has 0 unspecified atom stereocenters. The first kappa shape index (κ1) is 44.5. The molecule has 0 saturated heterocycles. The van der Waals surface area contributed by atoms with Gasteiger partial charge < -0.3 is 9.13 Å². The molecule has 0 amide bonds. The summed E-state index contributed by atoms with van der Waals surface area (Å²) in [4.78, 5) is 0. The minimum atomic E-state index is -0.695. The molecule has 10 aromatic carbocycles. The summed E-state index contributed by atoms with van der Waals surface area (Å²) in [7, 11) is 0. The van der Waals surface area contributed by atoms with E-state index in [0.717, 1.165) is 101 Å². The first-order valence-corrected chi connectivity index (χ1v) is 25.4. The molecule has 2 aliphatic rings. The van der Waals surface area contributed by atoms with Crippen molar-refractivity contribution >= 4 is 54.4 Å². The van der Waals surface area contributed by atoms with Crippen LogP contribution in [0.25, 0.3) is 110 Å². The Balaban J connectivity index is 1.06. The van der Waals surface area contributed by atoms with Crippen LogP contribution in [0.4, 0.5) is 17.6 Å². The summed E-state index contributed by atoms with van der Waals surface area (Å²) < 4.78 is 68.0. The Morgan fingerprint density at radius 1 is 0.297 bits per heavy atom. The van der Waals surface area contributed by atoms with Gasteiger partial charge in [-0.05, 0) is 214 Å². The van der Waals surface area contributed by atoms with Gasteiger partial charge in [-0.25, -0.2) is 17.6 Å². The van der Waals surface area contributed by atoms with Crippen LogP contribution in [-0.4, -0.2) is 9.13 Å². The van der Waals surface area contributed by atoms with Gasteiger partial charge in [-0.3, -0.25) is 0 Å². The molecule has 0 spiro atoms. The lowest BCUT2D eigenvalue weighted by Crippen LogP contribution is -2.16. The lowest BCUT2D eigenvalue weighted by atomic mass is 9.76. The third kappa shape index (κ3) is 6.17. The molecule has 2 aromatic heterocycles. The second-order valence-electron chi connectivity index (χ2n) is 22.2. The lowest BCUT2D eigenvalue weighted by molar-refractivity contribution is 0.583. The van der Waals surface area contributed by atoms with Crippen molar-refractivity contribution in [1.29, 1.82) is 0 Å². The van der Waals surface area contributed by atoms with Crippen LogP contribution < -0.4 is 0 Å². The fourth-order valence-corrected chi connectivity index (χ4v) is 13.2. The minimum absolute atomic E-state index is 0.383. The quantitative estimate of drug-likeness (QED) is 0.156. The molecule has 74 heavy (non-hydrogen) atoms. The van der Waals surface area contributed by atoms with Gasteiger partial charge in [0.2, 0.25) is 0 Å². The maximum absolute atomic E-state index is 15.8. The molecule has 0 bridgehead atoms. The van der Waals surface area contributed by atoms with E-state index < -0.39 is 34.1 Å². The smallest absolute Gasteiger partial charge is 0.126 e. The highest BCUT2D eigenvalue weighted by Gasteiger charge is 2.43. The second-order valence-corrected chi connectivity index (χ2v) is 22.2. The number of hydrogen-bond donors (Lipinski definition) is 0. The third-order valence-corrected chi connectivity index (χ3v) is 16.7. The molecule has 2 heterocycles. The molecular weight excluding hydrogens is 921 g/mol. The first-order chi connectivity index (χ1) is 35.4. The van der Waals surface area contributed by atoms with E-state index in [1.165, 1.54) is 68.1 Å². The van der Waals surface area contributed by atoms with Crippen molar-refractivity contribution in [2.45, 2.75) is 66.2 Å². The Bertz CT molecular complexity index is 4080. The normalized spacial score (nSPS) is 14.2. The largest absolute Gasteiger partial charge is 0.309 e. The molecule has 6 heteroatoms. The SMILES string of the molecule is Cc1ccc2c(c1)c1cc(C)ccc1n2-c1ccc2c(c1)C(C)(C)c1cc3c(-c4cc(F)cc(F)c4)c4c(cc3c(-c3cc(F)cc(F)c3)c1-2)C(C)(C)c1cc(-n2c3ccc(C)cc3c3cc(C)ccc32)ccc1-4. The van der Waals surface area contributed by atoms with Gasteiger partial charge in [0.15, 0.2) is 0 Å². The van der Waals surface area contributed by atoms with Gasteiger partial charge in [0.05, 0.1) is 22.1 Å². The van der Waals surface area contributed by atoms with Gasteiger partial charge in [-0.15, -0.1) is 0 Å². The number of benzene rings is 10. The average Bonchev–Trinajstić information content (AvgIpc) is 3.99. The molecule has 0 N–H and O–H groups in total. The lowest BCUT2D eigenvalue weighted by Gasteiger charge is -2.27. The van der Waals surface area contributed by atoms with E-state index in [9.17, 15) is 0 Å². The maximum atomic E-state index is 15.8. The van der Waals surface area contributed by atoms with E-state index in [1.807, 2.05) is 0 Å². The monoisotopic (exact) mass is 970 g/mol. The molecule has 0 atom stereocenters. The van der Waals surface area contributed by atoms with Gasteiger partial charge >= 0.3 is 0 Å². The standard InChI is InChI=1S/C68H50F4N2/c1-35-9-17-59-49(21-35)50-22-36(2)10-18-60(50)73(59)45-13-15-47-55(31-45)67(5,6)57-33-53-54(63(65(47)57)39-25-41(69)29-42(70)26-39)34-58-66(64(53)40-27-43(71)30-44(72)28-40)48-16-14-46(32-56(48)68(58,7)8)74-61-19-11-37(3)23-51(61)52-24-38(4)12-20-62(52)74/h9-34H,1-8H3. The summed E-state index contributed by atoms with van der Waals surface area (Å²) >= 11 is 0. The van der Waals surface area contributed by atoms with Crippen molar-refractivity contribution in [2.24, 2.45) is 0 Å². The Labute approximate surface area is 426 Å². The topological polar surface area (TPSA) is 9.86 Å². The Morgan fingerprint density at radius 3 is 0.919 bits per heavy atom. The van der Waals surface area contributed by atoms with Crippen LogP contribution in [0.3, 0.4) is 0 Å². The van der Waals surface area contributed by atoms with E-state index in [-0.39, 0.29) is 0 Å². The number of halogens is 4. The highest BCUT2D eigenvalue weighted by molar-refractivity contribution is 6.17. The van der Waals surface area contributed by atoms with Crippen molar-refractivity contribution in [1.82, 2.24) is 9.13 Å². The highest BCUT2D eigenvalue weighted by Crippen LogP contribution is 2.60. The van der Waals surface area contributed by atoms with Crippen LogP contribution in [0.2, 0.25) is 0 Å². The predicted molar refractivity (Wildman–Crippen MR) is 297 cm³/mol. The molecule has 12 aromatic rings. The van der Waals surface area contributed by atoms with Crippen LogP contribution >= 0.6 is 0 Å². The van der Waals surface area contributed by atoms with Gasteiger partial charge in [0.1, 0.15) is 23.3 Å². The Morgan fingerprint density at radius 2 is 0.608 bits per heavy atom. The van der Waals surface area contributed by atoms with Crippen molar-refractivity contribution < 1.29 is 17.6 Å². The highest BCUT2D eigenvalue weighted by atomic mass is 19.1. The number of aryl methyl sites for hydroxylation is 4. The molecule has 2 aliphatic carbocycles. The average molecular weight is 971 g/mol. The van der Waals surface area contributed by atoms with Crippen molar-refractivity contribution in [3.63, 3.8) is 0 Å². The zero-order valence-electron chi connectivity index (χ0n) is 42.4. The first-order valence-electron chi connectivity index (χ1n) is 25.4. The number of rotatable bonds is 4. The summed E-state index contributed by atoms with van der Waals surface area (Å²) in [6, 6.07) is 51.4. The van der Waals surface area contributed by atoms with Crippen molar-refractivity contribution in [3.05, 3.63) is 226 Å². The summed E-state index contributed by atoms with van der Waals surface area (Å²) in [5.41, 5.74) is 19.7. The van der Waals surface area contributed by atoms with Crippen LogP contribution in [0.5, 0.6) is 0 Å². The summed E-state index contributed by atoms with van der Waals surface area (Å²) in [5, 5.41) is 6.20. The van der Waals surface area contributed by atoms with E-state index >= 15 is 17.6 Å². The predicted octanol–water partition coefficient (Wildman–Crippen LogP) is 18.8. The van der Waals surface area contributed by atoms with Gasteiger partial charge in [0.25, 0.3) is 0 Å². The second kappa shape index (κ2) is 15.2. The zero-order valence-corrected chi connectivity index (χ0v) is 42.4. The number of hydrogen-bond acceptors (Lipinski definition) is 0. The Kier molecular flexibility index (Phi) is 9.12. The van der Waals surface area contributed by atoms with Crippen molar-refractivity contribution in [2.75, 3.05) is 0 Å². The Hall–Kier alpha value is -8.22.